The standard InChI is InChI=1S/C25H19N3O4S/c29-21-15-20(18-11-5-2-6-12-18)28(16-17-9-3-1-4-10-17)25(30)23(21)24-26-19-13-7-8-14-22(19)33(31,32)27-24/h1-15,29H,16H2,(H,26,27). The quantitative estimate of drug-likeness (QED) is 0.485. The summed E-state index contributed by atoms with van der Waals surface area (Å²) in [5.74, 6) is -0.568. The number of hydrogen-bond donors (Lipinski definition) is 2. The molecule has 2 heterocycles. The summed E-state index contributed by atoms with van der Waals surface area (Å²) in [5.41, 5.74) is 1.66. The van der Waals surface area contributed by atoms with Crippen LogP contribution in [0.15, 0.2) is 105 Å². The molecule has 1 aliphatic rings. The molecule has 164 valence electrons. The van der Waals surface area contributed by atoms with Gasteiger partial charge < -0.3 is 15.0 Å². The van der Waals surface area contributed by atoms with E-state index in [-0.39, 0.29) is 28.6 Å². The lowest BCUT2D eigenvalue weighted by Gasteiger charge is -2.21. The molecule has 0 radical (unpaired) electrons. The van der Waals surface area contributed by atoms with E-state index in [0.29, 0.717) is 11.4 Å². The third kappa shape index (κ3) is 3.81. The summed E-state index contributed by atoms with van der Waals surface area (Å²) >= 11 is 0. The number of aromatic nitrogens is 1. The van der Waals surface area contributed by atoms with Crippen molar-refractivity contribution in [3.8, 4) is 17.0 Å². The number of anilines is 1. The van der Waals surface area contributed by atoms with E-state index in [0.717, 1.165) is 11.1 Å². The minimum absolute atomic E-state index is 0.0127. The van der Waals surface area contributed by atoms with E-state index in [2.05, 4.69) is 9.71 Å². The zero-order valence-corrected chi connectivity index (χ0v) is 18.2. The van der Waals surface area contributed by atoms with Crippen molar-refractivity contribution >= 4 is 21.5 Å². The average molecular weight is 458 g/mol. The maximum absolute atomic E-state index is 13.7. The van der Waals surface area contributed by atoms with Crippen LogP contribution in [-0.4, -0.2) is 23.9 Å². The summed E-state index contributed by atoms with van der Waals surface area (Å²) in [6.45, 7) is 0.230. The molecule has 0 aliphatic carbocycles. The molecule has 5 rings (SSSR count). The van der Waals surface area contributed by atoms with E-state index in [1.807, 2.05) is 60.7 Å². The van der Waals surface area contributed by atoms with Crippen LogP contribution in [0.2, 0.25) is 0 Å². The summed E-state index contributed by atoms with van der Waals surface area (Å²) in [5, 5.41) is 13.8. The van der Waals surface area contributed by atoms with Crippen LogP contribution >= 0.6 is 0 Å². The molecule has 0 atom stereocenters. The van der Waals surface area contributed by atoms with Crippen molar-refractivity contribution in [1.82, 2.24) is 4.57 Å². The predicted octanol–water partition coefficient (Wildman–Crippen LogP) is 3.83. The number of amidine groups is 1. The average Bonchev–Trinajstić information content (AvgIpc) is 2.82. The van der Waals surface area contributed by atoms with E-state index in [1.165, 1.54) is 16.7 Å². The number of rotatable bonds is 4. The van der Waals surface area contributed by atoms with Crippen molar-refractivity contribution in [3.63, 3.8) is 0 Å². The molecule has 4 aromatic rings. The van der Waals surface area contributed by atoms with Gasteiger partial charge in [0.05, 0.1) is 17.9 Å². The van der Waals surface area contributed by atoms with Crippen molar-refractivity contribution in [3.05, 3.63) is 112 Å². The molecular weight excluding hydrogens is 438 g/mol. The van der Waals surface area contributed by atoms with E-state index in [1.54, 1.807) is 18.2 Å². The number of nitrogens with zero attached hydrogens (tertiary/aromatic N) is 2. The van der Waals surface area contributed by atoms with E-state index >= 15 is 0 Å². The number of hydrogen-bond acceptors (Lipinski definition) is 5. The van der Waals surface area contributed by atoms with Gasteiger partial charge in [-0.15, -0.1) is 4.40 Å². The van der Waals surface area contributed by atoms with Crippen LogP contribution in [0.4, 0.5) is 5.69 Å². The molecule has 0 saturated carbocycles. The highest BCUT2D eigenvalue weighted by Gasteiger charge is 2.29. The first-order valence-corrected chi connectivity index (χ1v) is 11.7. The second kappa shape index (κ2) is 8.07. The van der Waals surface area contributed by atoms with Crippen LogP contribution in [0, 0.1) is 0 Å². The SMILES string of the molecule is O=c1c(C2=NS(=O)(=O)c3ccccc3N2)c(O)cc(-c2ccccc2)n1Cc1ccccc1. The molecule has 33 heavy (non-hydrogen) atoms. The molecule has 2 N–H and O–H groups in total. The maximum Gasteiger partial charge on any atom is 0.286 e. The molecular formula is C25H19N3O4S. The van der Waals surface area contributed by atoms with E-state index < -0.39 is 15.6 Å². The fraction of sp³-hybridized carbons (Fsp3) is 0.0400. The summed E-state index contributed by atoms with van der Waals surface area (Å²) in [6.07, 6.45) is 0. The normalized spacial score (nSPS) is 14.1. The second-order valence-electron chi connectivity index (χ2n) is 7.57. The van der Waals surface area contributed by atoms with Crippen molar-refractivity contribution < 1.29 is 13.5 Å². The zero-order chi connectivity index (χ0) is 23.0. The van der Waals surface area contributed by atoms with E-state index in [9.17, 15) is 18.3 Å². The van der Waals surface area contributed by atoms with Gasteiger partial charge in [0.2, 0.25) is 0 Å². The lowest BCUT2D eigenvalue weighted by molar-refractivity contribution is 0.470. The highest BCUT2D eigenvalue weighted by molar-refractivity contribution is 7.90. The molecule has 0 spiro atoms. The lowest BCUT2D eigenvalue weighted by atomic mass is 10.1. The third-order valence-electron chi connectivity index (χ3n) is 5.40. The lowest BCUT2D eigenvalue weighted by Crippen LogP contribution is -2.33. The van der Waals surface area contributed by atoms with Crippen LogP contribution in [0.25, 0.3) is 11.3 Å². The van der Waals surface area contributed by atoms with Crippen LogP contribution in [-0.2, 0) is 16.6 Å². The highest BCUT2D eigenvalue weighted by Crippen LogP contribution is 2.31. The Balaban J connectivity index is 1.73. The highest BCUT2D eigenvalue weighted by atomic mass is 32.2. The summed E-state index contributed by atoms with van der Waals surface area (Å²) in [6, 6.07) is 26.4. The molecule has 1 aliphatic heterocycles. The molecule has 0 fully saturated rings. The monoisotopic (exact) mass is 457 g/mol. The molecule has 7 nitrogen and oxygen atoms in total. The number of sulfonamides is 1. The molecule has 3 aromatic carbocycles. The summed E-state index contributed by atoms with van der Waals surface area (Å²) in [7, 11) is -4.04. The van der Waals surface area contributed by atoms with E-state index in [4.69, 9.17) is 0 Å². The number of nitrogens with one attached hydrogen (secondary N) is 1. The van der Waals surface area contributed by atoms with Gasteiger partial charge in [0.1, 0.15) is 16.2 Å². The number of fused-ring (bicyclic) bond motifs is 1. The summed E-state index contributed by atoms with van der Waals surface area (Å²) in [4.78, 5) is 13.7. The Labute approximate surface area is 190 Å². The number of benzene rings is 3. The van der Waals surface area contributed by atoms with Gasteiger partial charge in [-0.05, 0) is 23.3 Å². The number of pyridine rings is 1. The second-order valence-corrected chi connectivity index (χ2v) is 9.14. The smallest absolute Gasteiger partial charge is 0.286 e. The van der Waals surface area contributed by atoms with Gasteiger partial charge in [0.25, 0.3) is 15.6 Å². The van der Waals surface area contributed by atoms with Gasteiger partial charge in [-0.3, -0.25) is 4.79 Å². The van der Waals surface area contributed by atoms with Gasteiger partial charge in [-0.1, -0.05) is 72.8 Å². The molecule has 0 amide bonds. The van der Waals surface area contributed by atoms with Crippen LogP contribution in [0.5, 0.6) is 5.75 Å². The fourth-order valence-electron chi connectivity index (χ4n) is 3.85. The Morgan fingerprint density at radius 2 is 1.52 bits per heavy atom. The van der Waals surface area contributed by atoms with Gasteiger partial charge in [0.15, 0.2) is 5.84 Å². The van der Waals surface area contributed by atoms with Crippen molar-refractivity contribution in [2.75, 3.05) is 5.32 Å². The Hall–Kier alpha value is -4.17. The summed E-state index contributed by atoms with van der Waals surface area (Å²) < 4.78 is 30.8. The van der Waals surface area contributed by atoms with Crippen molar-refractivity contribution in [1.29, 1.82) is 0 Å². The largest absolute Gasteiger partial charge is 0.507 e. The number of aromatic hydroxyl groups is 1. The first kappa shape index (κ1) is 20.7. The molecule has 8 heteroatoms. The van der Waals surface area contributed by atoms with Crippen LogP contribution < -0.4 is 10.9 Å². The minimum atomic E-state index is -4.04. The molecule has 0 bridgehead atoms. The van der Waals surface area contributed by atoms with Gasteiger partial charge in [-0.2, -0.15) is 8.42 Å². The minimum Gasteiger partial charge on any atom is -0.507 e. The zero-order valence-electron chi connectivity index (χ0n) is 17.3. The van der Waals surface area contributed by atoms with Gasteiger partial charge >= 0.3 is 0 Å². The topological polar surface area (TPSA) is 101 Å². The number of para-hydroxylation sites is 1. The Morgan fingerprint density at radius 3 is 2.24 bits per heavy atom. The van der Waals surface area contributed by atoms with Gasteiger partial charge in [0, 0.05) is 6.07 Å². The third-order valence-corrected chi connectivity index (χ3v) is 6.73. The Bertz CT molecular complexity index is 1540. The molecule has 1 aromatic heterocycles. The Morgan fingerprint density at radius 1 is 0.879 bits per heavy atom. The van der Waals surface area contributed by atoms with Crippen molar-refractivity contribution in [2.24, 2.45) is 4.40 Å². The molecule has 0 saturated heterocycles. The van der Waals surface area contributed by atoms with Crippen molar-refractivity contribution in [2.45, 2.75) is 11.4 Å². The van der Waals surface area contributed by atoms with Crippen LogP contribution in [0.1, 0.15) is 11.1 Å². The fourth-order valence-corrected chi connectivity index (χ4v) is 4.97. The maximum atomic E-state index is 13.7. The first-order valence-electron chi connectivity index (χ1n) is 10.2. The molecule has 0 unspecified atom stereocenters. The van der Waals surface area contributed by atoms with Crippen LogP contribution in [0.3, 0.4) is 0 Å². The predicted molar refractivity (Wildman–Crippen MR) is 127 cm³/mol. The van der Waals surface area contributed by atoms with Gasteiger partial charge in [-0.25, -0.2) is 0 Å². The first-order chi connectivity index (χ1) is 15.9. The Kier molecular flexibility index (Phi) is 5.07.